The molecule has 0 amide bonds. The molecule has 0 aliphatic carbocycles. The second-order valence-corrected chi connectivity index (χ2v) is 7.79. The van der Waals surface area contributed by atoms with E-state index in [4.69, 9.17) is 27.6 Å². The van der Waals surface area contributed by atoms with Crippen LogP contribution in [0.15, 0.2) is 15.3 Å². The van der Waals surface area contributed by atoms with Crippen LogP contribution in [0.1, 0.15) is 32.6 Å². The number of rotatable bonds is 3. The van der Waals surface area contributed by atoms with E-state index in [0.717, 1.165) is 18.9 Å². The van der Waals surface area contributed by atoms with Gasteiger partial charge in [-0.25, -0.2) is 14.1 Å². The first kappa shape index (κ1) is 17.6. The zero-order chi connectivity index (χ0) is 18.6. The summed E-state index contributed by atoms with van der Waals surface area (Å²) in [7, 11) is 0. The van der Waals surface area contributed by atoms with Crippen LogP contribution in [0.4, 0.5) is 4.39 Å². The van der Waals surface area contributed by atoms with Crippen LogP contribution in [0, 0.1) is 11.7 Å². The molecule has 0 atom stereocenters. The molecule has 3 heterocycles. The second kappa shape index (κ2) is 6.43. The summed E-state index contributed by atoms with van der Waals surface area (Å²) in [5.74, 6) is 0.143. The Hall–Kier alpha value is -1.79. The van der Waals surface area contributed by atoms with Crippen LogP contribution >= 0.6 is 23.2 Å². The Kier molecular flexibility index (Phi) is 4.35. The summed E-state index contributed by atoms with van der Waals surface area (Å²) in [5, 5.41) is 0.356. The number of hydrogen-bond donors (Lipinski definition) is 0. The van der Waals surface area contributed by atoms with E-state index in [1.165, 1.54) is 0 Å². The molecular weight excluding hydrogens is 380 g/mol. The monoisotopic (exact) mass is 397 g/mol. The number of halogens is 3. The smallest absolute Gasteiger partial charge is 0.276 e. The third kappa shape index (κ3) is 2.67. The van der Waals surface area contributed by atoms with Crippen LogP contribution in [0.2, 0.25) is 10.2 Å². The molecule has 0 fully saturated rings. The minimum absolute atomic E-state index is 0.0626. The van der Waals surface area contributed by atoms with Crippen LogP contribution in [0.25, 0.3) is 22.2 Å². The lowest BCUT2D eigenvalue weighted by Crippen LogP contribution is -2.27. The molecule has 2 aromatic heterocycles. The number of fused-ring (bicyclic) bond motifs is 2. The average Bonchev–Trinajstić information content (AvgIpc) is 3.10. The number of hydrogen-bond acceptors (Lipinski definition) is 3. The Morgan fingerprint density at radius 3 is 2.58 bits per heavy atom. The van der Waals surface area contributed by atoms with Crippen LogP contribution < -0.4 is 5.56 Å². The van der Waals surface area contributed by atoms with Crippen molar-refractivity contribution in [1.29, 1.82) is 0 Å². The third-order valence-electron chi connectivity index (χ3n) is 4.61. The molecule has 0 N–H and O–H groups in total. The van der Waals surface area contributed by atoms with E-state index in [0.29, 0.717) is 31.3 Å². The van der Waals surface area contributed by atoms with Gasteiger partial charge >= 0.3 is 0 Å². The summed E-state index contributed by atoms with van der Waals surface area (Å²) in [4.78, 5) is 17.3. The molecule has 0 unspecified atom stereocenters. The summed E-state index contributed by atoms with van der Waals surface area (Å²) in [6.45, 7) is 5.25. The summed E-state index contributed by atoms with van der Waals surface area (Å²) < 4.78 is 23.9. The normalized spacial score (nSPS) is 14.4. The largest absolute Gasteiger partial charge is 0.439 e. The molecule has 8 heteroatoms. The van der Waals surface area contributed by atoms with Gasteiger partial charge in [-0.05, 0) is 24.8 Å². The zero-order valence-corrected chi connectivity index (χ0v) is 16.0. The van der Waals surface area contributed by atoms with E-state index in [2.05, 4.69) is 4.98 Å². The predicted molar refractivity (Wildman–Crippen MR) is 99.4 cm³/mol. The fraction of sp³-hybridized carbons (Fsp3) is 0.444. The van der Waals surface area contributed by atoms with Crippen molar-refractivity contribution < 1.29 is 8.81 Å². The van der Waals surface area contributed by atoms with Crippen molar-refractivity contribution in [2.75, 3.05) is 0 Å². The highest BCUT2D eigenvalue weighted by molar-refractivity contribution is 6.36. The Labute approximate surface area is 159 Å². The van der Waals surface area contributed by atoms with Gasteiger partial charge in [0.2, 0.25) is 0 Å². The van der Waals surface area contributed by atoms with Crippen molar-refractivity contribution in [3.8, 4) is 11.1 Å². The van der Waals surface area contributed by atoms with Crippen LogP contribution in [0.5, 0.6) is 0 Å². The average molecular weight is 398 g/mol. The van der Waals surface area contributed by atoms with Crippen molar-refractivity contribution in [1.82, 2.24) is 14.3 Å². The molecule has 1 aromatic carbocycles. The summed E-state index contributed by atoms with van der Waals surface area (Å²) in [6.07, 6.45) is 2.40. The van der Waals surface area contributed by atoms with Gasteiger partial charge in [0.05, 0.1) is 16.1 Å². The van der Waals surface area contributed by atoms with Crippen molar-refractivity contribution in [3.05, 3.63) is 38.3 Å². The second-order valence-electron chi connectivity index (χ2n) is 7.02. The lowest BCUT2D eigenvalue weighted by Gasteiger charge is -2.17. The molecule has 138 valence electrons. The minimum Gasteiger partial charge on any atom is -0.439 e. The lowest BCUT2D eigenvalue weighted by molar-refractivity contribution is 0.356. The van der Waals surface area contributed by atoms with E-state index in [1.54, 1.807) is 9.36 Å². The first-order valence-corrected chi connectivity index (χ1v) is 9.41. The molecule has 0 bridgehead atoms. The number of aromatic nitrogens is 3. The van der Waals surface area contributed by atoms with Crippen molar-refractivity contribution >= 4 is 34.3 Å². The standard InChI is InChI=1S/C18H18Cl2FN3O2/c1-9(2)7-12-22-15-13(11(21)8-10(19)16(15)26-12)14-17(20)23-5-3-4-6-24(23)18(14)25/h8-9H,3-7H2,1-2H3. The van der Waals surface area contributed by atoms with Gasteiger partial charge < -0.3 is 4.42 Å². The number of benzene rings is 1. The van der Waals surface area contributed by atoms with Crippen molar-refractivity contribution in [3.63, 3.8) is 0 Å². The van der Waals surface area contributed by atoms with Crippen molar-refractivity contribution in [2.24, 2.45) is 5.92 Å². The van der Waals surface area contributed by atoms with Crippen LogP contribution in [-0.2, 0) is 19.5 Å². The fourth-order valence-corrected chi connectivity index (χ4v) is 4.04. The van der Waals surface area contributed by atoms with E-state index in [-0.39, 0.29) is 38.0 Å². The van der Waals surface area contributed by atoms with Gasteiger partial charge in [0, 0.05) is 19.5 Å². The summed E-state index contributed by atoms with van der Waals surface area (Å²) in [6, 6.07) is 1.15. The van der Waals surface area contributed by atoms with Gasteiger partial charge in [0.25, 0.3) is 5.56 Å². The minimum atomic E-state index is -0.630. The van der Waals surface area contributed by atoms with Gasteiger partial charge in [0.1, 0.15) is 16.5 Å². The highest BCUT2D eigenvalue weighted by atomic mass is 35.5. The molecule has 5 nitrogen and oxygen atoms in total. The first-order valence-electron chi connectivity index (χ1n) is 8.65. The van der Waals surface area contributed by atoms with E-state index < -0.39 is 5.82 Å². The molecule has 0 radical (unpaired) electrons. The third-order valence-corrected chi connectivity index (χ3v) is 5.28. The predicted octanol–water partition coefficient (Wildman–Crippen LogP) is 4.90. The highest BCUT2D eigenvalue weighted by Crippen LogP contribution is 2.38. The maximum absolute atomic E-state index is 14.9. The van der Waals surface area contributed by atoms with E-state index >= 15 is 0 Å². The Balaban J connectivity index is 2.02. The molecule has 26 heavy (non-hydrogen) atoms. The number of oxazole rings is 1. The molecule has 1 aliphatic rings. The first-order chi connectivity index (χ1) is 12.4. The molecule has 0 saturated carbocycles. The van der Waals surface area contributed by atoms with Crippen LogP contribution in [0.3, 0.4) is 0 Å². The van der Waals surface area contributed by atoms with Crippen LogP contribution in [-0.4, -0.2) is 14.3 Å². The Bertz CT molecular complexity index is 1060. The molecular formula is C18H18Cl2FN3O2. The summed E-state index contributed by atoms with van der Waals surface area (Å²) >= 11 is 12.6. The van der Waals surface area contributed by atoms with Gasteiger partial charge in [-0.15, -0.1) is 0 Å². The topological polar surface area (TPSA) is 53.0 Å². The number of nitrogens with zero attached hydrogens (tertiary/aromatic N) is 3. The maximum Gasteiger partial charge on any atom is 0.276 e. The quantitative estimate of drug-likeness (QED) is 0.631. The Morgan fingerprint density at radius 1 is 1.23 bits per heavy atom. The van der Waals surface area contributed by atoms with Gasteiger partial charge in [-0.1, -0.05) is 37.0 Å². The molecule has 4 rings (SSSR count). The van der Waals surface area contributed by atoms with Gasteiger partial charge in [0.15, 0.2) is 11.5 Å². The zero-order valence-electron chi connectivity index (χ0n) is 14.5. The lowest BCUT2D eigenvalue weighted by atomic mass is 10.1. The summed E-state index contributed by atoms with van der Waals surface area (Å²) in [5.41, 5.74) is 0.395. The molecule has 0 saturated heterocycles. The maximum atomic E-state index is 14.9. The molecule has 3 aromatic rings. The molecule has 0 spiro atoms. The SMILES string of the molecule is CC(C)Cc1nc2c(-c3c(Cl)n4n(c3=O)CCCC4)c(F)cc(Cl)c2o1. The van der Waals surface area contributed by atoms with Gasteiger partial charge in [-0.3, -0.25) is 9.48 Å². The Morgan fingerprint density at radius 2 is 1.92 bits per heavy atom. The van der Waals surface area contributed by atoms with Crippen molar-refractivity contribution in [2.45, 2.75) is 46.2 Å². The highest BCUT2D eigenvalue weighted by Gasteiger charge is 2.28. The van der Waals surface area contributed by atoms with E-state index in [9.17, 15) is 9.18 Å². The van der Waals surface area contributed by atoms with E-state index in [1.807, 2.05) is 13.8 Å². The van der Waals surface area contributed by atoms with Gasteiger partial charge in [-0.2, -0.15) is 0 Å². The molecule has 1 aliphatic heterocycles. The fourth-order valence-electron chi connectivity index (χ4n) is 3.47.